The van der Waals surface area contributed by atoms with Crippen molar-refractivity contribution in [2.24, 2.45) is 29.1 Å². The molecule has 0 radical (unpaired) electrons. The molecule has 2 saturated heterocycles. The van der Waals surface area contributed by atoms with Crippen LogP contribution >= 0.6 is 11.6 Å². The number of carbonyl (C=O) groups is 4. The summed E-state index contributed by atoms with van der Waals surface area (Å²) in [6.07, 6.45) is 2.50. The Morgan fingerprint density at radius 3 is 2.26 bits per heavy atom. The van der Waals surface area contributed by atoms with E-state index in [1.54, 1.807) is 49.4 Å². The molecule has 8 rings (SSSR count). The molecule has 4 aromatic rings. The maximum Gasteiger partial charge on any atom is 0.241 e. The minimum absolute atomic E-state index is 0.0811. The van der Waals surface area contributed by atoms with Gasteiger partial charge in [0.05, 0.1) is 39.6 Å². The van der Waals surface area contributed by atoms with E-state index in [1.165, 1.54) is 17.0 Å². The number of hydrogen-bond donors (Lipinski definition) is 1. The lowest BCUT2D eigenvalue weighted by atomic mass is 9.51. The van der Waals surface area contributed by atoms with Gasteiger partial charge in [0.1, 0.15) is 11.6 Å². The van der Waals surface area contributed by atoms with Crippen molar-refractivity contribution in [3.8, 4) is 5.75 Å². The molecule has 2 heterocycles. The lowest BCUT2D eigenvalue weighted by molar-refractivity contribution is -0.131. The van der Waals surface area contributed by atoms with Gasteiger partial charge in [0.25, 0.3) is 0 Å². The second-order valence-corrected chi connectivity index (χ2v) is 13.2. The summed E-state index contributed by atoms with van der Waals surface area (Å²) in [6.45, 7) is 1.79. The zero-order valence-electron chi connectivity index (χ0n) is 24.7. The fraction of sp³-hybridized carbons (Fsp3) is 0.243. The van der Waals surface area contributed by atoms with Crippen molar-refractivity contribution in [1.82, 2.24) is 0 Å². The minimum Gasteiger partial charge on any atom is -0.507 e. The predicted octanol–water partition coefficient (Wildman–Crippen LogP) is 6.77. The largest absolute Gasteiger partial charge is 0.507 e. The van der Waals surface area contributed by atoms with Crippen LogP contribution in [-0.2, 0) is 19.2 Å². The Bertz CT molecular complexity index is 2050. The highest BCUT2D eigenvalue weighted by atomic mass is 35.5. The number of halogens is 2. The van der Waals surface area contributed by atoms with Gasteiger partial charge in [0.15, 0.2) is 0 Å². The third kappa shape index (κ3) is 3.76. The van der Waals surface area contributed by atoms with E-state index in [-0.39, 0.29) is 34.7 Å². The number of aromatic hydroxyl groups is 1. The van der Waals surface area contributed by atoms with Crippen LogP contribution < -0.4 is 9.80 Å². The summed E-state index contributed by atoms with van der Waals surface area (Å²) < 4.78 is 14.2. The fourth-order valence-corrected chi connectivity index (χ4v) is 8.79. The van der Waals surface area contributed by atoms with Gasteiger partial charge in [-0.05, 0) is 73.0 Å². The number of phenols is 1. The lowest BCUT2D eigenvalue weighted by Gasteiger charge is -2.49. The van der Waals surface area contributed by atoms with Crippen molar-refractivity contribution in [2.75, 3.05) is 9.80 Å². The first-order valence-electron chi connectivity index (χ1n) is 15.3. The van der Waals surface area contributed by atoms with Crippen LogP contribution in [0.5, 0.6) is 5.75 Å². The lowest BCUT2D eigenvalue weighted by Crippen LogP contribution is -2.49. The van der Waals surface area contributed by atoms with Crippen LogP contribution in [0.4, 0.5) is 15.8 Å². The molecule has 1 N–H and O–H groups in total. The Hall–Kier alpha value is -4.82. The fourth-order valence-electron chi connectivity index (χ4n) is 8.62. The number of hydrogen-bond acceptors (Lipinski definition) is 5. The van der Waals surface area contributed by atoms with E-state index in [4.69, 9.17) is 11.6 Å². The summed E-state index contributed by atoms with van der Waals surface area (Å²) in [7, 11) is 0. The first kappa shape index (κ1) is 28.6. The molecule has 4 amide bonds. The average Bonchev–Trinajstić information content (AvgIpc) is 3.43. The molecule has 9 heteroatoms. The van der Waals surface area contributed by atoms with E-state index < -0.39 is 52.6 Å². The highest BCUT2D eigenvalue weighted by Crippen LogP contribution is 2.64. The summed E-state index contributed by atoms with van der Waals surface area (Å²) in [5.74, 6) is -5.38. The van der Waals surface area contributed by atoms with Crippen LogP contribution in [0, 0.1) is 34.9 Å². The summed E-state index contributed by atoms with van der Waals surface area (Å²) in [6, 6.07) is 23.3. The third-order valence-corrected chi connectivity index (χ3v) is 11.0. The molecule has 6 atom stereocenters. The predicted molar refractivity (Wildman–Crippen MR) is 171 cm³/mol. The van der Waals surface area contributed by atoms with Gasteiger partial charge in [-0.1, -0.05) is 71.8 Å². The van der Waals surface area contributed by atoms with E-state index in [9.17, 15) is 28.7 Å². The summed E-state index contributed by atoms with van der Waals surface area (Å²) >= 11 is 6.10. The van der Waals surface area contributed by atoms with E-state index in [0.29, 0.717) is 17.5 Å². The third-order valence-electron chi connectivity index (χ3n) is 10.7. The van der Waals surface area contributed by atoms with Crippen LogP contribution in [0.25, 0.3) is 10.8 Å². The van der Waals surface area contributed by atoms with Crippen molar-refractivity contribution in [3.05, 3.63) is 113 Å². The SMILES string of the molecule is C[C@@]12C(=O)N(c3ccc(F)c(Cl)c3)C(=O)[C@@H]1C[C@@H]1C(=CC[C@@H]3C(=O)N(c4ccccc4)C(=O)[C@@H]31)[C@@H]2c1ccc(O)c2ccccc12. The normalized spacial score (nSPS) is 28.8. The van der Waals surface area contributed by atoms with Crippen molar-refractivity contribution in [2.45, 2.75) is 25.7 Å². The van der Waals surface area contributed by atoms with Gasteiger partial charge < -0.3 is 5.11 Å². The quantitative estimate of drug-likeness (QED) is 0.198. The molecular weight excluding hydrogens is 607 g/mol. The van der Waals surface area contributed by atoms with Crippen LogP contribution in [0.15, 0.2) is 96.6 Å². The van der Waals surface area contributed by atoms with Crippen LogP contribution in [-0.4, -0.2) is 28.7 Å². The first-order valence-corrected chi connectivity index (χ1v) is 15.7. The van der Waals surface area contributed by atoms with Crippen molar-refractivity contribution in [1.29, 1.82) is 0 Å². The number of amides is 4. The zero-order valence-corrected chi connectivity index (χ0v) is 25.4. The highest BCUT2D eigenvalue weighted by molar-refractivity contribution is 6.32. The minimum atomic E-state index is -1.29. The number of allylic oxidation sites excluding steroid dienone is 2. The molecule has 7 nitrogen and oxygen atoms in total. The van der Waals surface area contributed by atoms with E-state index >= 15 is 0 Å². The van der Waals surface area contributed by atoms with E-state index in [0.717, 1.165) is 27.5 Å². The number of benzene rings is 4. The second-order valence-electron chi connectivity index (χ2n) is 12.8. The van der Waals surface area contributed by atoms with Gasteiger partial charge in [-0.2, -0.15) is 0 Å². The Morgan fingerprint density at radius 2 is 1.52 bits per heavy atom. The molecule has 4 aliphatic rings. The highest BCUT2D eigenvalue weighted by Gasteiger charge is 2.67. The second kappa shape index (κ2) is 10.1. The molecule has 0 spiro atoms. The maximum absolute atomic E-state index is 14.7. The van der Waals surface area contributed by atoms with E-state index in [2.05, 4.69) is 0 Å². The number of para-hydroxylation sites is 1. The van der Waals surface area contributed by atoms with E-state index in [1.807, 2.05) is 30.3 Å². The first-order chi connectivity index (χ1) is 22.1. The molecule has 2 aliphatic heterocycles. The molecule has 0 aromatic heterocycles. The topological polar surface area (TPSA) is 95.0 Å². The van der Waals surface area contributed by atoms with Crippen molar-refractivity contribution >= 4 is 57.4 Å². The number of nitrogens with zero attached hydrogens (tertiary/aromatic N) is 2. The number of phenolic OH excluding ortho intramolecular Hbond substituents is 1. The van der Waals surface area contributed by atoms with Gasteiger partial charge in [0, 0.05) is 11.3 Å². The smallest absolute Gasteiger partial charge is 0.241 e. The van der Waals surface area contributed by atoms with Gasteiger partial charge in [-0.15, -0.1) is 0 Å². The monoisotopic (exact) mass is 634 g/mol. The molecular formula is C37H28ClFN2O5. The van der Waals surface area contributed by atoms with Gasteiger partial charge in [-0.25, -0.2) is 9.29 Å². The summed E-state index contributed by atoms with van der Waals surface area (Å²) in [5, 5.41) is 11.9. The van der Waals surface area contributed by atoms with Crippen LogP contribution in [0.1, 0.15) is 31.2 Å². The van der Waals surface area contributed by atoms with Crippen molar-refractivity contribution in [3.63, 3.8) is 0 Å². The average molecular weight is 635 g/mol. The maximum atomic E-state index is 14.7. The Balaban J connectivity index is 1.32. The summed E-state index contributed by atoms with van der Waals surface area (Å²) in [4.78, 5) is 59.4. The Kier molecular flexibility index (Phi) is 6.28. The number of rotatable bonds is 3. The number of anilines is 2. The molecule has 3 fully saturated rings. The zero-order chi connectivity index (χ0) is 32.1. The molecule has 4 aromatic carbocycles. The summed E-state index contributed by atoms with van der Waals surface area (Å²) in [5.41, 5.74) is 0.960. The van der Waals surface area contributed by atoms with Crippen LogP contribution in [0.3, 0.4) is 0 Å². The van der Waals surface area contributed by atoms with Crippen molar-refractivity contribution < 1.29 is 28.7 Å². The standard InChI is InChI=1S/C37H28ClFN2O5/c1-37-27(34(44)41(36(37)46)20-11-15-29(39)28(38)17-20)18-26-24(32(37)23-14-16-30(42)22-10-6-5-9-21(22)23)12-13-25-31(26)35(45)40(33(25)43)19-7-3-2-4-8-19/h2-12,14-17,25-27,31-32,42H,13,18H2,1H3/t25-,26+,27-,31-,32-,37+/m0/s1. The molecule has 46 heavy (non-hydrogen) atoms. The molecule has 1 saturated carbocycles. The molecule has 2 aliphatic carbocycles. The molecule has 0 unspecified atom stereocenters. The Morgan fingerprint density at radius 1 is 0.804 bits per heavy atom. The van der Waals surface area contributed by atoms with Crippen LogP contribution in [0.2, 0.25) is 5.02 Å². The van der Waals surface area contributed by atoms with Gasteiger partial charge in [-0.3, -0.25) is 24.1 Å². The number of fused-ring (bicyclic) bond motifs is 5. The van der Waals surface area contributed by atoms with Gasteiger partial charge in [0.2, 0.25) is 23.6 Å². The number of imide groups is 2. The van der Waals surface area contributed by atoms with Gasteiger partial charge >= 0.3 is 0 Å². The Labute approximate surface area is 268 Å². The number of carbonyl (C=O) groups excluding carboxylic acids is 4. The molecule has 230 valence electrons. The molecule has 0 bridgehead atoms.